The summed E-state index contributed by atoms with van der Waals surface area (Å²) in [6.45, 7) is 12.6. The van der Waals surface area contributed by atoms with E-state index in [0.717, 1.165) is 13.1 Å². The molecule has 0 fully saturated rings. The molecule has 0 aliphatic carbocycles. The van der Waals surface area contributed by atoms with Gasteiger partial charge in [-0.3, -0.25) is 4.90 Å². The van der Waals surface area contributed by atoms with Gasteiger partial charge in [0.2, 0.25) is 0 Å². The lowest BCUT2D eigenvalue weighted by atomic mass is 10.3. The lowest BCUT2D eigenvalue weighted by Crippen LogP contribution is -2.43. The molecule has 71 valence electrons. The summed E-state index contributed by atoms with van der Waals surface area (Å²) in [4.78, 5) is 2.08. The zero-order chi connectivity index (χ0) is 10.1. The summed E-state index contributed by atoms with van der Waals surface area (Å²) in [6.07, 6.45) is 5.41. The van der Waals surface area contributed by atoms with Crippen molar-refractivity contribution < 1.29 is 0 Å². The average molecular weight is 195 g/mol. The van der Waals surface area contributed by atoms with Crippen LogP contribution in [0.5, 0.6) is 0 Å². The van der Waals surface area contributed by atoms with Crippen LogP contribution < -0.4 is 5.32 Å². The fourth-order valence-electron chi connectivity index (χ4n) is 0.993. The molecular weight excluding hydrogens is 180 g/mol. The Bertz CT molecular complexity index is 179. The summed E-state index contributed by atoms with van der Waals surface area (Å²) in [5, 5.41) is 2.88. The molecule has 13 heavy (non-hydrogen) atoms. The van der Waals surface area contributed by atoms with Crippen LogP contribution in [0.4, 0.5) is 0 Å². The third kappa shape index (κ3) is 4.60. The second-order valence-corrected chi connectivity index (χ2v) is 2.66. The highest BCUT2D eigenvalue weighted by molar-refractivity contribution is 7.78. The zero-order valence-corrected chi connectivity index (χ0v) is 8.52. The molecule has 1 N–H and O–H groups in total. The van der Waals surface area contributed by atoms with Gasteiger partial charge in [-0.1, -0.05) is 37.0 Å². The van der Waals surface area contributed by atoms with Gasteiger partial charge in [-0.2, -0.15) is 0 Å². The van der Waals surface area contributed by atoms with Crippen LogP contribution in [0, 0.1) is 0 Å². The molecule has 0 aliphatic rings. The van der Waals surface area contributed by atoms with Gasteiger partial charge < -0.3 is 5.32 Å². The third-order valence-electron chi connectivity index (χ3n) is 1.55. The van der Waals surface area contributed by atoms with Gasteiger partial charge in [-0.25, -0.2) is 0 Å². The smallest absolute Gasteiger partial charge is 0.135 e. The van der Waals surface area contributed by atoms with Crippen LogP contribution in [-0.4, -0.2) is 29.6 Å². The van der Waals surface area contributed by atoms with Gasteiger partial charge in [-0.05, 0) is 0 Å². The van der Waals surface area contributed by atoms with E-state index in [0.29, 0.717) is 0 Å². The molecule has 0 aromatic rings. The van der Waals surface area contributed by atoms with E-state index in [9.17, 15) is 0 Å². The van der Waals surface area contributed by atoms with Crippen molar-refractivity contribution in [2.45, 2.75) is 6.17 Å². The van der Waals surface area contributed by atoms with Crippen LogP contribution in [0.2, 0.25) is 0 Å². The van der Waals surface area contributed by atoms with Crippen molar-refractivity contribution in [3.63, 3.8) is 0 Å². The third-order valence-corrected chi connectivity index (χ3v) is 1.67. The lowest BCUT2D eigenvalue weighted by Gasteiger charge is -2.26. The number of hydrogen-bond acceptors (Lipinski definition) is 2. The summed E-state index contributed by atoms with van der Waals surface area (Å²) in [7, 11) is 0. The van der Waals surface area contributed by atoms with Crippen molar-refractivity contribution in [1.82, 2.24) is 10.2 Å². The van der Waals surface area contributed by atoms with Crippen molar-refractivity contribution in [3.05, 3.63) is 38.0 Å². The predicted octanol–water partition coefficient (Wildman–Crippen LogP) is 1.60. The summed E-state index contributed by atoms with van der Waals surface area (Å²) >= 11 is 4.59. The van der Waals surface area contributed by atoms with Crippen LogP contribution in [0.25, 0.3) is 0 Å². The van der Waals surface area contributed by atoms with E-state index in [1.54, 1.807) is 6.08 Å². The molecule has 0 bridgehead atoms. The molecule has 1 atom stereocenters. The number of thiocarbonyl (C=S) groups is 1. The highest BCUT2D eigenvalue weighted by Crippen LogP contribution is 1.97. The molecule has 0 saturated heterocycles. The van der Waals surface area contributed by atoms with Crippen molar-refractivity contribution >= 4 is 17.7 Å². The highest BCUT2D eigenvalue weighted by atomic mass is 32.1. The van der Waals surface area contributed by atoms with Crippen LogP contribution >= 0.6 is 12.2 Å². The minimum absolute atomic E-state index is 0.00602. The van der Waals surface area contributed by atoms with Crippen molar-refractivity contribution in [1.29, 1.82) is 0 Å². The highest BCUT2D eigenvalue weighted by Gasteiger charge is 2.09. The first-order valence-corrected chi connectivity index (χ1v) is 4.42. The minimum atomic E-state index is -0.00602. The van der Waals surface area contributed by atoms with E-state index in [4.69, 9.17) is 0 Å². The molecule has 1 unspecified atom stereocenters. The molecule has 0 aromatic heterocycles. The number of nitrogens with one attached hydrogen (secondary N) is 1. The van der Waals surface area contributed by atoms with Gasteiger partial charge >= 0.3 is 0 Å². The Labute approximate surface area is 85.6 Å². The van der Waals surface area contributed by atoms with Crippen molar-refractivity contribution in [3.8, 4) is 0 Å². The summed E-state index contributed by atoms with van der Waals surface area (Å²) in [6, 6.07) is 0. The first-order chi connectivity index (χ1) is 6.29. The Kier molecular flexibility index (Phi) is 7.15. The molecule has 0 amide bonds. The maximum atomic E-state index is 4.59. The molecule has 0 aromatic carbocycles. The lowest BCUT2D eigenvalue weighted by molar-refractivity contribution is 0.269. The van der Waals surface area contributed by atoms with Crippen molar-refractivity contribution in [2.75, 3.05) is 13.1 Å². The topological polar surface area (TPSA) is 15.3 Å². The van der Waals surface area contributed by atoms with E-state index in [1.165, 1.54) is 0 Å². The normalized spacial score (nSPS) is 11.8. The van der Waals surface area contributed by atoms with Crippen molar-refractivity contribution in [2.24, 2.45) is 0 Å². The Morgan fingerprint density at radius 3 is 2.15 bits per heavy atom. The van der Waals surface area contributed by atoms with E-state index < -0.39 is 0 Å². The quantitative estimate of drug-likeness (QED) is 0.274. The van der Waals surface area contributed by atoms with Gasteiger partial charge in [0.05, 0.1) is 6.17 Å². The number of hydrogen-bond donors (Lipinski definition) is 1. The molecule has 0 spiro atoms. The van der Waals surface area contributed by atoms with Crippen LogP contribution in [0.1, 0.15) is 0 Å². The van der Waals surface area contributed by atoms with Crippen LogP contribution in [0.15, 0.2) is 38.0 Å². The van der Waals surface area contributed by atoms with E-state index in [1.807, 2.05) is 12.2 Å². The monoisotopic (exact) mass is 195 g/mol. The van der Waals surface area contributed by atoms with E-state index >= 15 is 0 Å². The number of rotatable bonds is 8. The van der Waals surface area contributed by atoms with Crippen LogP contribution in [0.3, 0.4) is 0 Å². The van der Waals surface area contributed by atoms with E-state index in [-0.39, 0.29) is 6.17 Å². The molecule has 0 saturated carbocycles. The largest absolute Gasteiger partial charge is 0.355 e. The second-order valence-electron chi connectivity index (χ2n) is 2.46. The molecule has 1 radical (unpaired) electrons. The molecule has 0 heterocycles. The first-order valence-electron chi connectivity index (χ1n) is 4.01. The van der Waals surface area contributed by atoms with Gasteiger partial charge in [0.1, 0.15) is 5.49 Å². The SMILES string of the molecule is C=CCN(CC=C)C(C=C)N[C]=S. The van der Waals surface area contributed by atoms with E-state index in [2.05, 4.69) is 47.7 Å². The molecule has 0 aliphatic heterocycles. The van der Waals surface area contributed by atoms with Gasteiger partial charge in [0, 0.05) is 13.1 Å². The zero-order valence-electron chi connectivity index (χ0n) is 7.70. The summed E-state index contributed by atoms with van der Waals surface area (Å²) < 4.78 is 0. The summed E-state index contributed by atoms with van der Waals surface area (Å²) in [5.74, 6) is 0. The van der Waals surface area contributed by atoms with Crippen LogP contribution in [-0.2, 0) is 0 Å². The first kappa shape index (κ1) is 12.1. The average Bonchev–Trinajstić information content (AvgIpc) is 2.14. The Hall–Kier alpha value is -0.930. The van der Waals surface area contributed by atoms with Gasteiger partial charge in [0.25, 0.3) is 0 Å². The van der Waals surface area contributed by atoms with Gasteiger partial charge in [-0.15, -0.1) is 13.2 Å². The second kappa shape index (κ2) is 7.71. The molecule has 0 rings (SSSR count). The van der Waals surface area contributed by atoms with Gasteiger partial charge in [0.15, 0.2) is 0 Å². The Morgan fingerprint density at radius 2 is 1.85 bits per heavy atom. The Balaban J connectivity index is 4.25. The fraction of sp³-hybridized carbons (Fsp3) is 0.300. The molecular formula is C10H15N2S. The maximum absolute atomic E-state index is 4.59. The molecule has 2 nitrogen and oxygen atoms in total. The Morgan fingerprint density at radius 1 is 1.31 bits per heavy atom. The standard InChI is InChI=1S/C10H15N2S/c1-4-7-12(8-5-2)10(6-3)11-9-13/h4-6,10H,1-3,7-8H2,(H,11,13). The fourth-order valence-corrected chi connectivity index (χ4v) is 1.11. The molecule has 3 heteroatoms. The maximum Gasteiger partial charge on any atom is 0.135 e. The minimum Gasteiger partial charge on any atom is -0.355 e. The number of nitrogens with zero attached hydrogens (tertiary/aromatic N) is 1. The predicted molar refractivity (Wildman–Crippen MR) is 61.7 cm³/mol. The summed E-state index contributed by atoms with van der Waals surface area (Å²) in [5.41, 5.74) is 2.47.